The van der Waals surface area contributed by atoms with Gasteiger partial charge in [-0.15, -0.1) is 0 Å². The predicted octanol–water partition coefficient (Wildman–Crippen LogP) is 2.55. The number of aliphatic carboxylic acids is 1. The highest BCUT2D eigenvalue weighted by molar-refractivity contribution is 5.70. The molecule has 92 valence electrons. The van der Waals surface area contributed by atoms with Gasteiger partial charge in [0, 0.05) is 18.8 Å². The minimum atomic E-state index is -0.647. The molecule has 0 unspecified atom stereocenters. The van der Waals surface area contributed by atoms with Crippen LogP contribution in [0.3, 0.4) is 0 Å². The molecule has 0 aliphatic carbocycles. The molecule has 1 aliphatic heterocycles. The Morgan fingerprint density at radius 2 is 1.88 bits per heavy atom. The van der Waals surface area contributed by atoms with Crippen LogP contribution in [-0.2, 0) is 11.2 Å². The zero-order valence-electron chi connectivity index (χ0n) is 10.2. The minimum Gasteiger partial charge on any atom is -0.481 e. The van der Waals surface area contributed by atoms with Gasteiger partial charge in [0.2, 0.25) is 0 Å². The van der Waals surface area contributed by atoms with Gasteiger partial charge in [-0.3, -0.25) is 4.79 Å². The molecule has 1 heterocycles. The first-order chi connectivity index (χ1) is 8.20. The topological polar surface area (TPSA) is 40.5 Å². The van der Waals surface area contributed by atoms with E-state index in [-0.39, 0.29) is 5.92 Å². The lowest BCUT2D eigenvalue weighted by Crippen LogP contribution is -2.36. The van der Waals surface area contributed by atoms with Gasteiger partial charge in [-0.1, -0.05) is 19.1 Å². The molecule has 0 bridgehead atoms. The molecule has 1 fully saturated rings. The number of rotatable bonds is 3. The molecule has 0 atom stereocenters. The smallest absolute Gasteiger partial charge is 0.306 e. The van der Waals surface area contributed by atoms with E-state index in [4.69, 9.17) is 5.11 Å². The lowest BCUT2D eigenvalue weighted by atomic mass is 9.96. The lowest BCUT2D eigenvalue weighted by Gasteiger charge is -2.32. The van der Waals surface area contributed by atoms with Crippen LogP contribution in [0.5, 0.6) is 0 Å². The van der Waals surface area contributed by atoms with Crippen LogP contribution in [-0.4, -0.2) is 24.2 Å². The van der Waals surface area contributed by atoms with Gasteiger partial charge in [-0.25, -0.2) is 0 Å². The molecular formula is C14H19NO2. The second-order valence-electron chi connectivity index (χ2n) is 4.62. The number of carboxylic acids is 1. The van der Waals surface area contributed by atoms with E-state index in [0.29, 0.717) is 0 Å². The summed E-state index contributed by atoms with van der Waals surface area (Å²) in [4.78, 5) is 13.1. The molecule has 1 N–H and O–H groups in total. The first-order valence-electron chi connectivity index (χ1n) is 6.27. The molecule has 1 saturated heterocycles. The zero-order valence-corrected chi connectivity index (χ0v) is 10.2. The third-order valence-electron chi connectivity index (χ3n) is 3.55. The van der Waals surface area contributed by atoms with E-state index in [1.54, 1.807) is 0 Å². The van der Waals surface area contributed by atoms with Crippen molar-refractivity contribution in [1.29, 1.82) is 0 Å². The van der Waals surface area contributed by atoms with Crippen LogP contribution in [0.2, 0.25) is 0 Å². The maximum absolute atomic E-state index is 10.9. The fourth-order valence-corrected chi connectivity index (χ4v) is 2.33. The number of nitrogens with zero attached hydrogens (tertiary/aromatic N) is 1. The molecule has 3 heteroatoms. The number of anilines is 1. The van der Waals surface area contributed by atoms with Gasteiger partial charge in [-0.2, -0.15) is 0 Å². The largest absolute Gasteiger partial charge is 0.481 e. The molecule has 1 aromatic rings. The third-order valence-corrected chi connectivity index (χ3v) is 3.55. The Morgan fingerprint density at radius 3 is 2.35 bits per heavy atom. The van der Waals surface area contributed by atoms with Crippen LogP contribution in [0.25, 0.3) is 0 Å². The van der Waals surface area contributed by atoms with Crippen LogP contribution < -0.4 is 4.90 Å². The van der Waals surface area contributed by atoms with Gasteiger partial charge in [-0.05, 0) is 37.0 Å². The Kier molecular flexibility index (Phi) is 3.67. The summed E-state index contributed by atoms with van der Waals surface area (Å²) in [7, 11) is 0. The van der Waals surface area contributed by atoms with E-state index in [0.717, 1.165) is 32.4 Å². The molecular weight excluding hydrogens is 214 g/mol. The van der Waals surface area contributed by atoms with E-state index in [1.807, 2.05) is 0 Å². The molecule has 1 aliphatic rings. The number of carbonyl (C=O) groups is 1. The fourth-order valence-electron chi connectivity index (χ4n) is 2.33. The lowest BCUT2D eigenvalue weighted by molar-refractivity contribution is -0.142. The zero-order chi connectivity index (χ0) is 12.3. The number of benzene rings is 1. The Morgan fingerprint density at radius 1 is 1.29 bits per heavy atom. The number of hydrogen-bond donors (Lipinski definition) is 1. The number of piperidine rings is 1. The van der Waals surface area contributed by atoms with Crippen molar-refractivity contribution in [2.24, 2.45) is 5.92 Å². The Balaban J connectivity index is 1.97. The van der Waals surface area contributed by atoms with Gasteiger partial charge >= 0.3 is 5.97 Å². The Bertz CT molecular complexity index is 378. The highest BCUT2D eigenvalue weighted by atomic mass is 16.4. The van der Waals surface area contributed by atoms with E-state index in [2.05, 4.69) is 36.1 Å². The van der Waals surface area contributed by atoms with Crippen molar-refractivity contribution in [2.75, 3.05) is 18.0 Å². The van der Waals surface area contributed by atoms with E-state index >= 15 is 0 Å². The first-order valence-corrected chi connectivity index (χ1v) is 6.27. The minimum absolute atomic E-state index is 0.152. The summed E-state index contributed by atoms with van der Waals surface area (Å²) in [5, 5.41) is 8.94. The number of carboxylic acid groups (broad SMARTS) is 1. The summed E-state index contributed by atoms with van der Waals surface area (Å²) >= 11 is 0. The van der Waals surface area contributed by atoms with E-state index < -0.39 is 5.97 Å². The number of hydrogen-bond acceptors (Lipinski definition) is 2. The molecule has 3 nitrogen and oxygen atoms in total. The van der Waals surface area contributed by atoms with Gasteiger partial charge in [0.05, 0.1) is 5.92 Å². The maximum atomic E-state index is 10.9. The summed E-state index contributed by atoms with van der Waals surface area (Å²) in [6, 6.07) is 8.58. The molecule has 17 heavy (non-hydrogen) atoms. The van der Waals surface area contributed by atoms with Crippen LogP contribution in [0.1, 0.15) is 25.3 Å². The van der Waals surface area contributed by atoms with Crippen LogP contribution >= 0.6 is 0 Å². The second-order valence-corrected chi connectivity index (χ2v) is 4.62. The van der Waals surface area contributed by atoms with Gasteiger partial charge in [0.1, 0.15) is 0 Å². The van der Waals surface area contributed by atoms with Crippen molar-refractivity contribution >= 4 is 11.7 Å². The molecule has 0 amide bonds. The molecule has 0 saturated carbocycles. The summed E-state index contributed by atoms with van der Waals surface area (Å²) in [6.07, 6.45) is 2.57. The molecule has 2 rings (SSSR count). The normalized spacial score (nSPS) is 17.1. The summed E-state index contributed by atoms with van der Waals surface area (Å²) in [5.41, 5.74) is 2.56. The quantitative estimate of drug-likeness (QED) is 0.872. The maximum Gasteiger partial charge on any atom is 0.306 e. The average Bonchev–Trinajstić information content (AvgIpc) is 2.39. The van der Waals surface area contributed by atoms with Gasteiger partial charge < -0.3 is 10.0 Å². The third kappa shape index (κ3) is 2.78. The molecule has 1 aromatic carbocycles. The monoisotopic (exact) mass is 233 g/mol. The van der Waals surface area contributed by atoms with Crippen molar-refractivity contribution in [1.82, 2.24) is 0 Å². The summed E-state index contributed by atoms with van der Waals surface area (Å²) in [5.74, 6) is -0.799. The van der Waals surface area contributed by atoms with E-state index in [9.17, 15) is 4.79 Å². The second kappa shape index (κ2) is 5.21. The van der Waals surface area contributed by atoms with Crippen molar-refractivity contribution in [2.45, 2.75) is 26.2 Å². The standard InChI is InChI=1S/C14H19NO2/c1-2-11-3-5-13(6-4-11)15-9-7-12(8-10-15)14(16)17/h3-6,12H,2,7-10H2,1H3,(H,16,17). The van der Waals surface area contributed by atoms with Gasteiger partial charge in [0.25, 0.3) is 0 Å². The highest BCUT2D eigenvalue weighted by Gasteiger charge is 2.24. The predicted molar refractivity (Wildman–Crippen MR) is 68.4 cm³/mol. The Labute approximate surface area is 102 Å². The summed E-state index contributed by atoms with van der Waals surface area (Å²) < 4.78 is 0. The van der Waals surface area contributed by atoms with Crippen LogP contribution in [0.4, 0.5) is 5.69 Å². The van der Waals surface area contributed by atoms with Gasteiger partial charge in [0.15, 0.2) is 0 Å². The molecule has 0 aromatic heterocycles. The number of aryl methyl sites for hydroxylation is 1. The van der Waals surface area contributed by atoms with Crippen molar-refractivity contribution in [3.63, 3.8) is 0 Å². The summed E-state index contributed by atoms with van der Waals surface area (Å²) in [6.45, 7) is 3.85. The Hall–Kier alpha value is -1.51. The van der Waals surface area contributed by atoms with E-state index in [1.165, 1.54) is 11.3 Å². The molecule has 0 radical (unpaired) electrons. The first kappa shape index (κ1) is 12.0. The average molecular weight is 233 g/mol. The van der Waals surface area contributed by atoms with Crippen molar-refractivity contribution in [3.05, 3.63) is 29.8 Å². The van der Waals surface area contributed by atoms with Crippen molar-refractivity contribution in [3.8, 4) is 0 Å². The molecule has 0 spiro atoms. The van der Waals surface area contributed by atoms with Crippen LogP contribution in [0.15, 0.2) is 24.3 Å². The highest BCUT2D eigenvalue weighted by Crippen LogP contribution is 2.23. The SMILES string of the molecule is CCc1ccc(N2CCC(C(=O)O)CC2)cc1. The van der Waals surface area contributed by atoms with Crippen LogP contribution in [0, 0.1) is 5.92 Å². The fraction of sp³-hybridized carbons (Fsp3) is 0.500. The van der Waals surface area contributed by atoms with Crippen molar-refractivity contribution < 1.29 is 9.90 Å².